The number of ether oxygens (including phenoxy) is 1. The fourth-order valence-corrected chi connectivity index (χ4v) is 0.548. The Morgan fingerprint density at radius 2 is 2.30 bits per heavy atom. The maximum Gasteiger partial charge on any atom is 0.355 e. The van der Waals surface area contributed by atoms with E-state index in [9.17, 15) is 4.79 Å². The number of carbonyl (C=O) groups is 1. The van der Waals surface area contributed by atoms with Gasteiger partial charge in [-0.2, -0.15) is 0 Å². The summed E-state index contributed by atoms with van der Waals surface area (Å²) in [5.74, 6) is -0.565. The van der Waals surface area contributed by atoms with Crippen LogP contribution in [0.1, 0.15) is 19.8 Å². The molecule has 10 heavy (non-hydrogen) atoms. The lowest BCUT2D eigenvalue weighted by molar-refractivity contribution is -0.133. The van der Waals surface area contributed by atoms with Crippen molar-refractivity contribution < 1.29 is 14.7 Å². The molecule has 0 rings (SSSR count). The maximum absolute atomic E-state index is 10.6. The molecular weight excluding hydrogens is 134 g/mol. The molecule has 0 unspecified atom stereocenters. The molecule has 4 nitrogen and oxygen atoms in total. The van der Waals surface area contributed by atoms with Crippen LogP contribution in [0, 0.1) is 0 Å². The van der Waals surface area contributed by atoms with Crippen LogP contribution < -0.4 is 0 Å². The van der Waals surface area contributed by atoms with Crippen LogP contribution in [0.5, 0.6) is 0 Å². The van der Waals surface area contributed by atoms with Crippen LogP contribution in [-0.2, 0) is 9.53 Å². The van der Waals surface area contributed by atoms with Crippen molar-refractivity contribution in [2.24, 2.45) is 5.16 Å². The van der Waals surface area contributed by atoms with Crippen molar-refractivity contribution in [3.8, 4) is 0 Å². The van der Waals surface area contributed by atoms with E-state index < -0.39 is 5.97 Å². The van der Waals surface area contributed by atoms with Gasteiger partial charge in [-0.25, -0.2) is 4.79 Å². The van der Waals surface area contributed by atoms with Crippen molar-refractivity contribution in [1.29, 1.82) is 0 Å². The zero-order valence-electron chi connectivity index (χ0n) is 6.13. The fraction of sp³-hybridized carbons (Fsp3) is 0.667. The zero-order chi connectivity index (χ0) is 7.98. The van der Waals surface area contributed by atoms with Crippen molar-refractivity contribution in [3.05, 3.63) is 0 Å². The van der Waals surface area contributed by atoms with Gasteiger partial charge in [-0.1, -0.05) is 18.5 Å². The van der Waals surface area contributed by atoms with Crippen LogP contribution in [0.2, 0.25) is 0 Å². The van der Waals surface area contributed by atoms with Gasteiger partial charge in [0.2, 0.25) is 0 Å². The van der Waals surface area contributed by atoms with Crippen molar-refractivity contribution in [1.82, 2.24) is 0 Å². The molecule has 58 valence electrons. The molecule has 0 aromatic heterocycles. The molecule has 0 aliphatic rings. The Morgan fingerprint density at radius 1 is 1.70 bits per heavy atom. The number of esters is 1. The Labute approximate surface area is 59.5 Å². The number of nitrogens with zero attached hydrogens (tertiary/aromatic N) is 1. The smallest absolute Gasteiger partial charge is 0.355 e. The second-order valence-corrected chi connectivity index (χ2v) is 1.79. The lowest BCUT2D eigenvalue weighted by atomic mass is 10.2. The normalized spacial score (nSPS) is 11.2. The first-order valence-corrected chi connectivity index (χ1v) is 3.05. The second-order valence-electron chi connectivity index (χ2n) is 1.79. The quantitative estimate of drug-likeness (QED) is 0.276. The van der Waals surface area contributed by atoms with E-state index in [4.69, 9.17) is 5.21 Å². The first kappa shape index (κ1) is 8.94. The first-order valence-electron chi connectivity index (χ1n) is 3.05. The van der Waals surface area contributed by atoms with Gasteiger partial charge < -0.3 is 9.94 Å². The number of oxime groups is 1. The van der Waals surface area contributed by atoms with Crippen LogP contribution in [-0.4, -0.2) is 24.0 Å². The SMILES string of the molecule is CCC/C(=N/O)C(=O)OC. The molecule has 0 heterocycles. The average molecular weight is 145 g/mol. The van der Waals surface area contributed by atoms with Crippen molar-refractivity contribution in [2.75, 3.05) is 7.11 Å². The summed E-state index contributed by atoms with van der Waals surface area (Å²) >= 11 is 0. The highest BCUT2D eigenvalue weighted by molar-refractivity contribution is 6.36. The summed E-state index contributed by atoms with van der Waals surface area (Å²) in [7, 11) is 1.25. The molecule has 0 aromatic rings. The number of hydrogen-bond donors (Lipinski definition) is 1. The molecule has 0 amide bonds. The Morgan fingerprint density at radius 3 is 2.60 bits per heavy atom. The van der Waals surface area contributed by atoms with Crippen LogP contribution in [0.4, 0.5) is 0 Å². The highest BCUT2D eigenvalue weighted by atomic mass is 16.5. The Bertz CT molecular complexity index is 142. The van der Waals surface area contributed by atoms with Gasteiger partial charge in [0.1, 0.15) is 0 Å². The maximum atomic E-state index is 10.6. The number of methoxy groups -OCH3 is 1. The van der Waals surface area contributed by atoms with Crippen molar-refractivity contribution in [3.63, 3.8) is 0 Å². The van der Waals surface area contributed by atoms with Crippen LogP contribution in [0.25, 0.3) is 0 Å². The van der Waals surface area contributed by atoms with Crippen molar-refractivity contribution in [2.45, 2.75) is 19.8 Å². The number of carbonyl (C=O) groups excluding carboxylic acids is 1. The lowest BCUT2D eigenvalue weighted by Gasteiger charge is -1.97. The first-order chi connectivity index (χ1) is 4.76. The fourth-order valence-electron chi connectivity index (χ4n) is 0.548. The summed E-state index contributed by atoms with van der Waals surface area (Å²) in [5, 5.41) is 11.0. The number of rotatable bonds is 3. The van der Waals surface area contributed by atoms with Crippen molar-refractivity contribution >= 4 is 11.7 Å². The van der Waals surface area contributed by atoms with Gasteiger partial charge in [0, 0.05) is 6.42 Å². The van der Waals surface area contributed by atoms with E-state index in [1.807, 2.05) is 6.92 Å². The predicted octanol–water partition coefficient (Wildman–Crippen LogP) is 0.790. The van der Waals surface area contributed by atoms with Gasteiger partial charge in [0.05, 0.1) is 7.11 Å². The largest absolute Gasteiger partial charge is 0.464 e. The summed E-state index contributed by atoms with van der Waals surface area (Å²) in [6, 6.07) is 0. The molecule has 0 radical (unpaired) electrons. The Kier molecular flexibility index (Phi) is 4.28. The van der Waals surface area contributed by atoms with E-state index in [-0.39, 0.29) is 5.71 Å². The molecule has 0 fully saturated rings. The van der Waals surface area contributed by atoms with Gasteiger partial charge in [-0.15, -0.1) is 0 Å². The third-order valence-corrected chi connectivity index (χ3v) is 1.03. The summed E-state index contributed by atoms with van der Waals surface area (Å²) in [6.45, 7) is 1.88. The van der Waals surface area contributed by atoms with E-state index in [2.05, 4.69) is 9.89 Å². The van der Waals surface area contributed by atoms with Crippen LogP contribution in [0.15, 0.2) is 5.16 Å². The molecule has 0 saturated carbocycles. The predicted molar refractivity (Wildman–Crippen MR) is 36.1 cm³/mol. The molecule has 0 spiro atoms. The van der Waals surface area contributed by atoms with Gasteiger partial charge in [0.15, 0.2) is 5.71 Å². The van der Waals surface area contributed by atoms with Gasteiger partial charge in [-0.05, 0) is 0 Å². The molecule has 0 aromatic carbocycles. The highest BCUT2D eigenvalue weighted by Gasteiger charge is 2.09. The standard InChI is InChI=1S/C6H11NO3/c1-3-4-5(7-9)6(8)10-2/h9H,3-4H2,1-2H3/b7-5-. The highest BCUT2D eigenvalue weighted by Crippen LogP contribution is 1.93. The monoisotopic (exact) mass is 145 g/mol. The minimum Gasteiger partial charge on any atom is -0.464 e. The molecule has 0 bridgehead atoms. The molecule has 0 aliphatic carbocycles. The number of hydrogen-bond acceptors (Lipinski definition) is 4. The zero-order valence-corrected chi connectivity index (χ0v) is 6.13. The van der Waals surface area contributed by atoms with Gasteiger partial charge in [0.25, 0.3) is 0 Å². The molecule has 4 heteroatoms. The molecule has 0 aliphatic heterocycles. The molecule has 0 atom stereocenters. The molecule has 1 N–H and O–H groups in total. The summed E-state index contributed by atoms with van der Waals surface area (Å²) in [4.78, 5) is 10.6. The lowest BCUT2D eigenvalue weighted by Crippen LogP contribution is -2.15. The second kappa shape index (κ2) is 4.78. The summed E-state index contributed by atoms with van der Waals surface area (Å²) in [6.07, 6.45) is 1.21. The van der Waals surface area contributed by atoms with E-state index in [1.165, 1.54) is 7.11 Å². The Balaban J connectivity index is 3.95. The third kappa shape index (κ3) is 2.48. The van der Waals surface area contributed by atoms with Crippen LogP contribution in [0.3, 0.4) is 0 Å². The minimum atomic E-state index is -0.565. The van der Waals surface area contributed by atoms with Gasteiger partial charge in [-0.3, -0.25) is 0 Å². The van der Waals surface area contributed by atoms with E-state index in [0.29, 0.717) is 6.42 Å². The van der Waals surface area contributed by atoms with Crippen LogP contribution >= 0.6 is 0 Å². The third-order valence-electron chi connectivity index (χ3n) is 1.03. The topological polar surface area (TPSA) is 58.9 Å². The summed E-state index contributed by atoms with van der Waals surface area (Å²) < 4.78 is 4.33. The molecular formula is C6H11NO3. The Hall–Kier alpha value is -1.06. The van der Waals surface area contributed by atoms with E-state index in [0.717, 1.165) is 6.42 Å². The van der Waals surface area contributed by atoms with E-state index in [1.54, 1.807) is 0 Å². The summed E-state index contributed by atoms with van der Waals surface area (Å²) in [5.41, 5.74) is 0.0741. The molecule has 0 saturated heterocycles. The van der Waals surface area contributed by atoms with E-state index >= 15 is 0 Å². The van der Waals surface area contributed by atoms with Gasteiger partial charge >= 0.3 is 5.97 Å². The minimum absolute atomic E-state index is 0.0741. The average Bonchev–Trinajstić information content (AvgIpc) is 1.99.